The molecule has 6 heteroatoms. The fourth-order valence-corrected chi connectivity index (χ4v) is 2.51. The predicted molar refractivity (Wildman–Crippen MR) is 73.1 cm³/mol. The summed E-state index contributed by atoms with van der Waals surface area (Å²) in [6, 6.07) is 4.34. The van der Waals surface area contributed by atoms with Gasteiger partial charge in [0.05, 0.1) is 6.10 Å². The molecule has 1 aliphatic rings. The lowest BCUT2D eigenvalue weighted by Crippen LogP contribution is -2.46. The number of likely N-dealkylation sites (tertiary alicyclic amines) is 1. The average molecular weight is 331 g/mol. The zero-order chi connectivity index (χ0) is 13.8. The van der Waals surface area contributed by atoms with Crippen molar-refractivity contribution in [2.75, 3.05) is 13.1 Å². The highest BCUT2D eigenvalue weighted by Crippen LogP contribution is 2.15. The van der Waals surface area contributed by atoms with Gasteiger partial charge < -0.3 is 15.3 Å². The van der Waals surface area contributed by atoms with Crippen LogP contribution in [0.3, 0.4) is 0 Å². The number of amides is 2. The van der Waals surface area contributed by atoms with Gasteiger partial charge in [-0.05, 0) is 31.0 Å². The predicted octanol–water partition coefficient (Wildman–Crippen LogP) is 2.25. The molecule has 2 N–H and O–H groups in total. The van der Waals surface area contributed by atoms with E-state index in [1.165, 1.54) is 6.07 Å². The molecule has 1 atom stereocenters. The number of nitrogens with one attached hydrogen (secondary N) is 1. The van der Waals surface area contributed by atoms with Crippen molar-refractivity contribution in [2.24, 2.45) is 0 Å². The van der Waals surface area contributed by atoms with E-state index in [0.29, 0.717) is 18.7 Å². The number of rotatable bonds is 2. The average Bonchev–Trinajstić information content (AvgIpc) is 2.39. The van der Waals surface area contributed by atoms with Crippen molar-refractivity contribution in [2.45, 2.75) is 25.5 Å². The van der Waals surface area contributed by atoms with Crippen LogP contribution in [-0.4, -0.2) is 35.2 Å². The van der Waals surface area contributed by atoms with Gasteiger partial charge in [-0.1, -0.05) is 15.9 Å². The Labute approximate surface area is 119 Å². The summed E-state index contributed by atoms with van der Waals surface area (Å²) < 4.78 is 14.3. The van der Waals surface area contributed by atoms with E-state index in [2.05, 4.69) is 21.2 Å². The van der Waals surface area contributed by atoms with Gasteiger partial charge in [-0.15, -0.1) is 0 Å². The number of aliphatic hydroxyl groups excluding tert-OH is 1. The van der Waals surface area contributed by atoms with E-state index in [-0.39, 0.29) is 18.4 Å². The molecule has 0 aromatic heterocycles. The van der Waals surface area contributed by atoms with Crippen LogP contribution in [0.25, 0.3) is 0 Å². The summed E-state index contributed by atoms with van der Waals surface area (Å²) in [7, 11) is 0. The molecule has 0 saturated carbocycles. The third-order valence-electron chi connectivity index (χ3n) is 3.12. The Morgan fingerprint density at radius 2 is 2.37 bits per heavy atom. The zero-order valence-electron chi connectivity index (χ0n) is 10.4. The minimum atomic E-state index is -0.456. The standard InChI is InChI=1S/C13H16BrFN2O2/c14-10-3-4-12(15)9(6-10)7-16-13(19)17-5-1-2-11(18)8-17/h3-4,6,11,18H,1-2,5,7-8H2,(H,16,19). The molecule has 2 amide bonds. The Morgan fingerprint density at radius 1 is 1.58 bits per heavy atom. The fraction of sp³-hybridized carbons (Fsp3) is 0.462. The smallest absolute Gasteiger partial charge is 0.317 e. The van der Waals surface area contributed by atoms with E-state index >= 15 is 0 Å². The molecular formula is C13H16BrFN2O2. The van der Waals surface area contributed by atoms with Crippen molar-refractivity contribution in [1.82, 2.24) is 10.2 Å². The van der Waals surface area contributed by atoms with Crippen LogP contribution in [0.15, 0.2) is 22.7 Å². The molecule has 0 spiro atoms. The van der Waals surface area contributed by atoms with Gasteiger partial charge in [0.25, 0.3) is 0 Å². The maximum absolute atomic E-state index is 13.5. The summed E-state index contributed by atoms with van der Waals surface area (Å²) >= 11 is 3.26. The molecule has 104 valence electrons. The summed E-state index contributed by atoms with van der Waals surface area (Å²) in [4.78, 5) is 13.4. The molecule has 0 aliphatic carbocycles. The Hall–Kier alpha value is -1.14. The van der Waals surface area contributed by atoms with E-state index in [1.807, 2.05) is 0 Å². The molecule has 19 heavy (non-hydrogen) atoms. The highest BCUT2D eigenvalue weighted by atomic mass is 79.9. The number of nitrogens with zero attached hydrogens (tertiary/aromatic N) is 1. The first-order chi connectivity index (χ1) is 9.06. The Morgan fingerprint density at radius 3 is 3.11 bits per heavy atom. The van der Waals surface area contributed by atoms with E-state index in [4.69, 9.17) is 0 Å². The fourth-order valence-electron chi connectivity index (χ4n) is 2.10. The van der Waals surface area contributed by atoms with Gasteiger partial charge in [0.2, 0.25) is 0 Å². The minimum absolute atomic E-state index is 0.136. The van der Waals surface area contributed by atoms with E-state index in [0.717, 1.165) is 17.3 Å². The van der Waals surface area contributed by atoms with Crippen molar-refractivity contribution in [3.05, 3.63) is 34.1 Å². The van der Waals surface area contributed by atoms with Crippen LogP contribution in [0, 0.1) is 5.82 Å². The molecule has 0 radical (unpaired) electrons. The molecular weight excluding hydrogens is 315 g/mol. The maximum Gasteiger partial charge on any atom is 0.317 e. The second-order valence-electron chi connectivity index (χ2n) is 4.64. The van der Waals surface area contributed by atoms with Crippen molar-refractivity contribution < 1.29 is 14.3 Å². The van der Waals surface area contributed by atoms with E-state index in [9.17, 15) is 14.3 Å². The van der Waals surface area contributed by atoms with Crippen LogP contribution in [0.1, 0.15) is 18.4 Å². The number of hydrogen-bond donors (Lipinski definition) is 2. The highest BCUT2D eigenvalue weighted by Gasteiger charge is 2.21. The quantitative estimate of drug-likeness (QED) is 0.873. The number of carbonyl (C=O) groups excluding carboxylic acids is 1. The Bertz CT molecular complexity index is 470. The lowest BCUT2D eigenvalue weighted by atomic mass is 10.1. The third-order valence-corrected chi connectivity index (χ3v) is 3.61. The molecule has 1 saturated heterocycles. The van der Waals surface area contributed by atoms with Crippen LogP contribution in [0.5, 0.6) is 0 Å². The second kappa shape index (κ2) is 6.34. The van der Waals surface area contributed by atoms with Crippen LogP contribution in [-0.2, 0) is 6.54 Å². The van der Waals surface area contributed by atoms with Gasteiger partial charge in [-0.3, -0.25) is 0 Å². The number of β-amino-alcohol motifs (C(OH)–C–C–N with tert-alkyl or cyclic N) is 1. The van der Waals surface area contributed by atoms with Crippen molar-refractivity contribution >= 4 is 22.0 Å². The maximum atomic E-state index is 13.5. The number of piperidine rings is 1. The lowest BCUT2D eigenvalue weighted by molar-refractivity contribution is 0.0841. The number of aliphatic hydroxyl groups is 1. The third kappa shape index (κ3) is 3.91. The molecule has 1 aromatic rings. The molecule has 1 unspecified atom stereocenters. The topological polar surface area (TPSA) is 52.6 Å². The highest BCUT2D eigenvalue weighted by molar-refractivity contribution is 9.10. The molecule has 1 fully saturated rings. The van der Waals surface area contributed by atoms with Gasteiger partial charge in [0, 0.05) is 29.7 Å². The molecule has 1 aliphatic heterocycles. The van der Waals surface area contributed by atoms with Crippen molar-refractivity contribution in [1.29, 1.82) is 0 Å². The Balaban J connectivity index is 1.91. The first-order valence-electron chi connectivity index (χ1n) is 6.21. The number of urea groups is 1. The first-order valence-corrected chi connectivity index (χ1v) is 7.00. The second-order valence-corrected chi connectivity index (χ2v) is 5.55. The lowest BCUT2D eigenvalue weighted by Gasteiger charge is -2.30. The summed E-state index contributed by atoms with van der Waals surface area (Å²) in [5.74, 6) is -0.345. The molecule has 0 bridgehead atoms. The van der Waals surface area contributed by atoms with Gasteiger partial charge in [-0.25, -0.2) is 9.18 Å². The zero-order valence-corrected chi connectivity index (χ0v) is 12.0. The van der Waals surface area contributed by atoms with Gasteiger partial charge in [0.15, 0.2) is 0 Å². The summed E-state index contributed by atoms with van der Waals surface area (Å²) in [6.07, 6.45) is 1.06. The summed E-state index contributed by atoms with van der Waals surface area (Å²) in [5, 5.41) is 12.2. The normalized spacial score (nSPS) is 19.3. The molecule has 1 heterocycles. The first kappa shape index (κ1) is 14.3. The van der Waals surface area contributed by atoms with Crippen LogP contribution >= 0.6 is 15.9 Å². The Kier molecular flexibility index (Phi) is 4.76. The SMILES string of the molecule is O=C(NCc1cc(Br)ccc1F)N1CCCC(O)C1. The molecule has 4 nitrogen and oxygen atoms in total. The van der Waals surface area contributed by atoms with Crippen LogP contribution < -0.4 is 5.32 Å². The van der Waals surface area contributed by atoms with Crippen LogP contribution in [0.2, 0.25) is 0 Å². The summed E-state index contributed by atoms with van der Waals surface area (Å²) in [5.41, 5.74) is 0.431. The van der Waals surface area contributed by atoms with E-state index < -0.39 is 6.10 Å². The largest absolute Gasteiger partial charge is 0.391 e. The number of benzene rings is 1. The number of hydrogen-bond acceptors (Lipinski definition) is 2. The summed E-state index contributed by atoms with van der Waals surface area (Å²) in [6.45, 7) is 1.10. The number of halogens is 2. The van der Waals surface area contributed by atoms with Gasteiger partial charge in [-0.2, -0.15) is 0 Å². The van der Waals surface area contributed by atoms with E-state index in [1.54, 1.807) is 17.0 Å². The monoisotopic (exact) mass is 330 g/mol. The minimum Gasteiger partial charge on any atom is -0.391 e. The van der Waals surface area contributed by atoms with Crippen molar-refractivity contribution in [3.63, 3.8) is 0 Å². The molecule has 1 aromatic carbocycles. The number of carbonyl (C=O) groups is 1. The molecule has 2 rings (SSSR count). The van der Waals surface area contributed by atoms with Gasteiger partial charge >= 0.3 is 6.03 Å². The van der Waals surface area contributed by atoms with Crippen molar-refractivity contribution in [3.8, 4) is 0 Å². The van der Waals surface area contributed by atoms with Gasteiger partial charge in [0.1, 0.15) is 5.82 Å². The van der Waals surface area contributed by atoms with Crippen LogP contribution in [0.4, 0.5) is 9.18 Å².